The number of rotatable bonds is 3. The average molecular weight is 314 g/mol. The largest absolute Gasteiger partial charge is 0.489 e. The van der Waals surface area contributed by atoms with Crippen molar-refractivity contribution >= 4 is 21.9 Å². The van der Waals surface area contributed by atoms with Gasteiger partial charge in [0, 0.05) is 17.6 Å². The molecule has 0 spiro atoms. The molecule has 18 heavy (non-hydrogen) atoms. The molecular formula is C13H16BrNO3. The molecule has 0 radical (unpaired) electrons. The van der Waals surface area contributed by atoms with E-state index in [9.17, 15) is 4.79 Å². The second-order valence-electron chi connectivity index (χ2n) is 4.57. The first kappa shape index (κ1) is 13.4. The van der Waals surface area contributed by atoms with E-state index in [4.69, 9.17) is 9.84 Å². The summed E-state index contributed by atoms with van der Waals surface area (Å²) in [5.41, 5.74) is 0.220. The first-order valence-corrected chi connectivity index (χ1v) is 6.73. The average Bonchev–Trinajstić information content (AvgIpc) is 2.32. The summed E-state index contributed by atoms with van der Waals surface area (Å²) in [6, 6.07) is 5.00. The van der Waals surface area contributed by atoms with Gasteiger partial charge in [0.15, 0.2) is 0 Å². The number of carboxylic acids is 1. The van der Waals surface area contributed by atoms with Crippen molar-refractivity contribution < 1.29 is 14.6 Å². The van der Waals surface area contributed by atoms with E-state index in [0.717, 1.165) is 30.4 Å². The lowest BCUT2D eigenvalue weighted by atomic mass is 10.1. The molecule has 0 aliphatic carbocycles. The number of aromatic carboxylic acids is 1. The second kappa shape index (κ2) is 5.71. The van der Waals surface area contributed by atoms with E-state index in [1.165, 1.54) is 0 Å². The first-order valence-electron chi connectivity index (χ1n) is 5.94. The standard InChI is InChI=1S/C13H16BrNO3/c1-15-6-4-10(5-7-15)18-12-8-9(14)2-3-11(12)13(16)17/h2-3,8,10H,4-7H2,1H3,(H,16,17). The summed E-state index contributed by atoms with van der Waals surface area (Å²) in [7, 11) is 2.08. The lowest BCUT2D eigenvalue weighted by Crippen LogP contribution is -2.35. The van der Waals surface area contributed by atoms with Gasteiger partial charge in [-0.05, 0) is 38.1 Å². The number of carbonyl (C=O) groups is 1. The fourth-order valence-corrected chi connectivity index (χ4v) is 2.39. The van der Waals surface area contributed by atoms with Crippen molar-refractivity contribution in [3.05, 3.63) is 28.2 Å². The van der Waals surface area contributed by atoms with Gasteiger partial charge in [-0.25, -0.2) is 4.79 Å². The Morgan fingerprint density at radius 2 is 2.11 bits per heavy atom. The van der Waals surface area contributed by atoms with Gasteiger partial charge in [-0.15, -0.1) is 0 Å². The molecule has 5 heteroatoms. The van der Waals surface area contributed by atoms with Crippen molar-refractivity contribution in [2.24, 2.45) is 0 Å². The number of benzene rings is 1. The molecule has 0 bridgehead atoms. The SMILES string of the molecule is CN1CCC(Oc2cc(Br)ccc2C(=O)O)CC1. The third-order valence-corrected chi connectivity index (χ3v) is 3.63. The molecule has 1 aromatic rings. The highest BCUT2D eigenvalue weighted by atomic mass is 79.9. The Hall–Kier alpha value is -1.07. The van der Waals surface area contributed by atoms with Gasteiger partial charge in [0.05, 0.1) is 0 Å². The maximum atomic E-state index is 11.1. The monoisotopic (exact) mass is 313 g/mol. The van der Waals surface area contributed by atoms with Crippen LogP contribution >= 0.6 is 15.9 Å². The molecule has 1 aliphatic rings. The zero-order valence-corrected chi connectivity index (χ0v) is 11.8. The number of hydrogen-bond donors (Lipinski definition) is 1. The topological polar surface area (TPSA) is 49.8 Å². The van der Waals surface area contributed by atoms with Crippen molar-refractivity contribution in [1.82, 2.24) is 4.90 Å². The molecular weight excluding hydrogens is 298 g/mol. The van der Waals surface area contributed by atoms with Crippen LogP contribution in [-0.4, -0.2) is 42.2 Å². The quantitative estimate of drug-likeness (QED) is 0.932. The molecule has 0 saturated carbocycles. The predicted molar refractivity (Wildman–Crippen MR) is 72.2 cm³/mol. The molecule has 1 N–H and O–H groups in total. The summed E-state index contributed by atoms with van der Waals surface area (Å²) in [6.07, 6.45) is 1.97. The number of piperidine rings is 1. The predicted octanol–water partition coefficient (Wildman–Crippen LogP) is 2.62. The molecule has 4 nitrogen and oxygen atoms in total. The highest BCUT2D eigenvalue weighted by Gasteiger charge is 2.20. The Balaban J connectivity index is 2.12. The van der Waals surface area contributed by atoms with Crippen LogP contribution in [0.3, 0.4) is 0 Å². The van der Waals surface area contributed by atoms with Crippen molar-refractivity contribution in [3.63, 3.8) is 0 Å². The van der Waals surface area contributed by atoms with Gasteiger partial charge in [0.25, 0.3) is 0 Å². The lowest BCUT2D eigenvalue weighted by molar-refractivity contribution is 0.0681. The van der Waals surface area contributed by atoms with E-state index in [2.05, 4.69) is 27.9 Å². The second-order valence-corrected chi connectivity index (χ2v) is 5.48. The van der Waals surface area contributed by atoms with Crippen LogP contribution in [-0.2, 0) is 0 Å². The van der Waals surface area contributed by atoms with Crippen LogP contribution in [0.5, 0.6) is 5.75 Å². The van der Waals surface area contributed by atoms with Crippen molar-refractivity contribution in [1.29, 1.82) is 0 Å². The Bertz CT molecular complexity index is 442. The summed E-state index contributed by atoms with van der Waals surface area (Å²) >= 11 is 3.34. The van der Waals surface area contributed by atoms with Crippen LogP contribution in [0.25, 0.3) is 0 Å². The van der Waals surface area contributed by atoms with Crippen molar-refractivity contribution in [3.8, 4) is 5.75 Å². The van der Waals surface area contributed by atoms with Gasteiger partial charge in [-0.3, -0.25) is 0 Å². The zero-order valence-electron chi connectivity index (χ0n) is 10.2. The molecule has 1 aliphatic heterocycles. The molecule has 2 rings (SSSR count). The third kappa shape index (κ3) is 3.23. The van der Waals surface area contributed by atoms with E-state index >= 15 is 0 Å². The highest BCUT2D eigenvalue weighted by molar-refractivity contribution is 9.10. The molecule has 0 aromatic heterocycles. The molecule has 1 aromatic carbocycles. The van der Waals surface area contributed by atoms with Crippen LogP contribution in [0.15, 0.2) is 22.7 Å². The van der Waals surface area contributed by atoms with Crippen molar-refractivity contribution in [2.45, 2.75) is 18.9 Å². The van der Waals surface area contributed by atoms with Gasteiger partial charge >= 0.3 is 5.97 Å². The number of halogens is 1. The van der Waals surface area contributed by atoms with Crippen LogP contribution < -0.4 is 4.74 Å². The number of nitrogens with zero attached hydrogens (tertiary/aromatic N) is 1. The molecule has 1 saturated heterocycles. The van der Waals surface area contributed by atoms with Crippen molar-refractivity contribution in [2.75, 3.05) is 20.1 Å². The minimum Gasteiger partial charge on any atom is -0.489 e. The molecule has 0 atom stereocenters. The summed E-state index contributed by atoms with van der Waals surface area (Å²) in [5.74, 6) is -0.503. The Morgan fingerprint density at radius 1 is 1.44 bits per heavy atom. The van der Waals surface area contributed by atoms with Crippen LogP contribution in [0.1, 0.15) is 23.2 Å². The minimum atomic E-state index is -0.953. The van der Waals surface area contributed by atoms with E-state index in [0.29, 0.717) is 5.75 Å². The summed E-state index contributed by atoms with van der Waals surface area (Å²) < 4.78 is 6.67. The Morgan fingerprint density at radius 3 is 2.72 bits per heavy atom. The number of likely N-dealkylation sites (tertiary alicyclic amines) is 1. The summed E-state index contributed by atoms with van der Waals surface area (Å²) in [6.45, 7) is 1.97. The molecule has 0 amide bonds. The summed E-state index contributed by atoms with van der Waals surface area (Å²) in [5, 5.41) is 9.12. The van der Waals surface area contributed by atoms with Gasteiger partial charge in [0.2, 0.25) is 0 Å². The zero-order chi connectivity index (χ0) is 13.1. The summed E-state index contributed by atoms with van der Waals surface area (Å²) in [4.78, 5) is 13.4. The molecule has 98 valence electrons. The minimum absolute atomic E-state index is 0.105. The van der Waals surface area contributed by atoms with E-state index < -0.39 is 5.97 Å². The van der Waals surface area contributed by atoms with Crippen LogP contribution in [0, 0.1) is 0 Å². The normalized spacial score (nSPS) is 17.7. The van der Waals surface area contributed by atoms with Gasteiger partial charge in [0.1, 0.15) is 17.4 Å². The molecule has 1 fully saturated rings. The first-order chi connectivity index (χ1) is 8.56. The van der Waals surface area contributed by atoms with Gasteiger partial charge in [-0.1, -0.05) is 15.9 Å². The Labute approximate surface area is 115 Å². The number of hydrogen-bond acceptors (Lipinski definition) is 3. The van der Waals surface area contributed by atoms with E-state index in [1.54, 1.807) is 18.2 Å². The van der Waals surface area contributed by atoms with Crippen LogP contribution in [0.4, 0.5) is 0 Å². The van der Waals surface area contributed by atoms with Gasteiger partial charge < -0.3 is 14.7 Å². The molecule has 1 heterocycles. The smallest absolute Gasteiger partial charge is 0.339 e. The lowest BCUT2D eigenvalue weighted by Gasteiger charge is -2.29. The van der Waals surface area contributed by atoms with E-state index in [-0.39, 0.29) is 11.7 Å². The maximum absolute atomic E-state index is 11.1. The maximum Gasteiger partial charge on any atom is 0.339 e. The fourth-order valence-electron chi connectivity index (χ4n) is 2.05. The third-order valence-electron chi connectivity index (χ3n) is 3.13. The van der Waals surface area contributed by atoms with E-state index in [1.807, 2.05) is 0 Å². The Kier molecular flexibility index (Phi) is 4.24. The number of ether oxygens (including phenoxy) is 1. The highest BCUT2D eigenvalue weighted by Crippen LogP contribution is 2.26. The van der Waals surface area contributed by atoms with Gasteiger partial charge in [-0.2, -0.15) is 0 Å². The fraction of sp³-hybridized carbons (Fsp3) is 0.462. The molecule has 0 unspecified atom stereocenters. The van der Waals surface area contributed by atoms with Crippen LogP contribution in [0.2, 0.25) is 0 Å². The number of carboxylic acid groups (broad SMARTS) is 1.